The second-order valence-electron chi connectivity index (χ2n) is 5.11. The van der Waals surface area contributed by atoms with Crippen LogP contribution < -0.4 is 0 Å². The third-order valence-corrected chi connectivity index (χ3v) is 4.63. The number of hydrogen-bond donors (Lipinski definition) is 0. The van der Waals surface area contributed by atoms with Gasteiger partial charge in [0.05, 0.1) is 21.7 Å². The Bertz CT molecular complexity index is 740. The van der Waals surface area contributed by atoms with E-state index in [0.717, 1.165) is 5.56 Å². The number of ketones is 1. The quantitative estimate of drug-likeness (QED) is 0.672. The van der Waals surface area contributed by atoms with Gasteiger partial charge in [0.2, 0.25) is 5.91 Å². The second-order valence-corrected chi connectivity index (χ2v) is 6.83. The molecule has 2 rings (SSSR count). The average molecular weight is 362 g/mol. The zero-order chi connectivity index (χ0) is 17.4. The Labute approximate surface area is 149 Å². The molecule has 2 heterocycles. The van der Waals surface area contributed by atoms with E-state index in [1.165, 1.54) is 11.3 Å². The molecule has 2 aromatic rings. The Morgan fingerprint density at radius 3 is 2.75 bits per heavy atom. The first kappa shape index (κ1) is 18.1. The van der Waals surface area contributed by atoms with Crippen LogP contribution in [-0.4, -0.2) is 28.1 Å². The maximum absolute atomic E-state index is 12.4. The lowest BCUT2D eigenvalue weighted by Gasteiger charge is -2.21. The number of halogens is 1. The van der Waals surface area contributed by atoms with Gasteiger partial charge < -0.3 is 4.90 Å². The molecule has 1 amide bonds. The van der Waals surface area contributed by atoms with Crippen molar-refractivity contribution >= 4 is 34.6 Å². The minimum atomic E-state index is -0.148. The van der Waals surface area contributed by atoms with E-state index in [1.807, 2.05) is 12.1 Å². The smallest absolute Gasteiger partial charge is 0.223 e. The zero-order valence-corrected chi connectivity index (χ0v) is 14.5. The van der Waals surface area contributed by atoms with Crippen LogP contribution in [0.1, 0.15) is 34.5 Å². The van der Waals surface area contributed by atoms with E-state index in [4.69, 9.17) is 16.9 Å². The number of amides is 1. The lowest BCUT2D eigenvalue weighted by Crippen LogP contribution is -2.31. The molecule has 0 saturated carbocycles. The fourth-order valence-corrected chi connectivity index (χ4v) is 3.17. The maximum atomic E-state index is 12.4. The first-order valence-corrected chi connectivity index (χ1v) is 8.61. The highest BCUT2D eigenvalue weighted by Crippen LogP contribution is 2.23. The summed E-state index contributed by atoms with van der Waals surface area (Å²) in [7, 11) is 0. The molecule has 0 unspecified atom stereocenters. The molecule has 0 N–H and O–H groups in total. The van der Waals surface area contributed by atoms with Gasteiger partial charge in [-0.25, -0.2) is 0 Å². The van der Waals surface area contributed by atoms with Crippen molar-refractivity contribution in [2.45, 2.75) is 25.8 Å². The molecule has 0 saturated heterocycles. The number of hydrogen-bond acceptors (Lipinski definition) is 5. The highest BCUT2D eigenvalue weighted by atomic mass is 35.5. The summed E-state index contributed by atoms with van der Waals surface area (Å²) in [5.74, 6) is -0.244. The van der Waals surface area contributed by atoms with Crippen LogP contribution >= 0.6 is 22.9 Å². The van der Waals surface area contributed by atoms with Crippen molar-refractivity contribution in [1.29, 1.82) is 5.26 Å². The summed E-state index contributed by atoms with van der Waals surface area (Å²) in [6.07, 6.45) is 3.84. The molecule has 0 atom stereocenters. The van der Waals surface area contributed by atoms with Crippen LogP contribution in [0.25, 0.3) is 0 Å². The fourth-order valence-electron chi connectivity index (χ4n) is 2.15. The van der Waals surface area contributed by atoms with Crippen LogP contribution in [0, 0.1) is 11.3 Å². The van der Waals surface area contributed by atoms with Gasteiger partial charge in [-0.1, -0.05) is 17.7 Å². The largest absolute Gasteiger partial charge is 0.337 e. The summed E-state index contributed by atoms with van der Waals surface area (Å²) in [6.45, 7) is 0.719. The van der Waals surface area contributed by atoms with Crippen molar-refractivity contribution in [1.82, 2.24) is 9.88 Å². The highest BCUT2D eigenvalue weighted by molar-refractivity contribution is 7.18. The minimum absolute atomic E-state index is 0.0955. The van der Waals surface area contributed by atoms with Crippen LogP contribution in [0.2, 0.25) is 4.34 Å². The number of pyridine rings is 1. The van der Waals surface area contributed by atoms with Gasteiger partial charge in [-0.2, -0.15) is 5.26 Å². The number of Topliss-reactive ketones (excluding diaryl/α,β-unsaturated/α-hetero) is 1. The van der Waals surface area contributed by atoms with Gasteiger partial charge in [-0.15, -0.1) is 11.3 Å². The molecule has 124 valence electrons. The molecule has 0 spiro atoms. The fraction of sp³-hybridized carbons (Fsp3) is 0.294. The number of carbonyl (C=O) groups is 2. The van der Waals surface area contributed by atoms with E-state index < -0.39 is 0 Å². The molecule has 2 aromatic heterocycles. The summed E-state index contributed by atoms with van der Waals surface area (Å²) in [5.41, 5.74) is 0.889. The Balaban J connectivity index is 1.94. The van der Waals surface area contributed by atoms with Crippen LogP contribution in [0.15, 0.2) is 36.7 Å². The highest BCUT2D eigenvalue weighted by Gasteiger charge is 2.17. The van der Waals surface area contributed by atoms with E-state index in [0.29, 0.717) is 22.3 Å². The van der Waals surface area contributed by atoms with E-state index in [2.05, 4.69) is 4.98 Å². The molecule has 0 aromatic carbocycles. The second kappa shape index (κ2) is 9.16. The number of thiophene rings is 1. The lowest BCUT2D eigenvalue weighted by atomic mass is 10.1. The van der Waals surface area contributed by atoms with Crippen LogP contribution in [-0.2, 0) is 11.3 Å². The van der Waals surface area contributed by atoms with Gasteiger partial charge in [0.1, 0.15) is 0 Å². The van der Waals surface area contributed by atoms with Crippen molar-refractivity contribution in [3.05, 3.63) is 51.4 Å². The maximum Gasteiger partial charge on any atom is 0.223 e. The van der Waals surface area contributed by atoms with E-state index in [9.17, 15) is 9.59 Å². The first-order chi connectivity index (χ1) is 11.6. The summed E-state index contributed by atoms with van der Waals surface area (Å²) in [5, 5.41) is 8.77. The number of rotatable bonds is 8. The van der Waals surface area contributed by atoms with Crippen molar-refractivity contribution < 1.29 is 9.59 Å². The third-order valence-electron chi connectivity index (χ3n) is 3.36. The zero-order valence-electron chi connectivity index (χ0n) is 12.9. The normalized spacial score (nSPS) is 10.2. The standard InChI is InChI=1S/C17H16ClN3O2S/c18-16-6-5-15(24-16)14(22)4-7-17(23)21(10-2-8-19)12-13-3-1-9-20-11-13/h1,3,5-6,9,11H,2,4,7,10,12H2. The molecule has 0 bridgehead atoms. The van der Waals surface area contributed by atoms with Crippen molar-refractivity contribution in [2.75, 3.05) is 6.54 Å². The summed E-state index contributed by atoms with van der Waals surface area (Å²) in [4.78, 5) is 30.7. The van der Waals surface area contributed by atoms with E-state index in [1.54, 1.807) is 35.5 Å². The van der Waals surface area contributed by atoms with Crippen LogP contribution in [0.5, 0.6) is 0 Å². The van der Waals surface area contributed by atoms with E-state index >= 15 is 0 Å². The first-order valence-electron chi connectivity index (χ1n) is 7.42. The number of nitrogens with zero attached hydrogens (tertiary/aromatic N) is 3. The minimum Gasteiger partial charge on any atom is -0.337 e. The lowest BCUT2D eigenvalue weighted by molar-refractivity contribution is -0.131. The molecule has 24 heavy (non-hydrogen) atoms. The summed E-state index contributed by atoms with van der Waals surface area (Å²) < 4.78 is 0.553. The SMILES string of the molecule is N#CCCN(Cc1cccnc1)C(=O)CCC(=O)c1ccc(Cl)s1. The molecular formula is C17H16ClN3O2S. The van der Waals surface area contributed by atoms with Crippen LogP contribution in [0.3, 0.4) is 0 Å². The van der Waals surface area contributed by atoms with E-state index in [-0.39, 0.29) is 31.0 Å². The Hall–Kier alpha value is -2.23. The Morgan fingerprint density at radius 2 is 2.12 bits per heavy atom. The third kappa shape index (κ3) is 5.44. The molecule has 0 fully saturated rings. The van der Waals surface area contributed by atoms with Crippen molar-refractivity contribution in [2.24, 2.45) is 0 Å². The van der Waals surface area contributed by atoms with Gasteiger partial charge >= 0.3 is 0 Å². The molecule has 0 aliphatic heterocycles. The predicted octanol–water partition coefficient (Wildman–Crippen LogP) is 3.70. The van der Waals surface area contributed by atoms with Crippen molar-refractivity contribution in [3.8, 4) is 6.07 Å². The van der Waals surface area contributed by atoms with Gasteiger partial charge in [-0.05, 0) is 23.8 Å². The number of carbonyl (C=O) groups excluding carboxylic acids is 2. The molecular weight excluding hydrogens is 346 g/mol. The number of nitriles is 1. The van der Waals surface area contributed by atoms with Gasteiger partial charge in [0, 0.05) is 38.3 Å². The Morgan fingerprint density at radius 1 is 1.29 bits per heavy atom. The molecule has 5 nitrogen and oxygen atoms in total. The van der Waals surface area contributed by atoms with Crippen molar-refractivity contribution in [3.63, 3.8) is 0 Å². The summed E-state index contributed by atoms with van der Waals surface area (Å²) in [6, 6.07) is 9.05. The number of aromatic nitrogens is 1. The summed E-state index contributed by atoms with van der Waals surface area (Å²) >= 11 is 7.03. The van der Waals surface area contributed by atoms with Crippen LogP contribution in [0.4, 0.5) is 0 Å². The van der Waals surface area contributed by atoms with Gasteiger partial charge in [0.25, 0.3) is 0 Å². The van der Waals surface area contributed by atoms with Gasteiger partial charge in [0.15, 0.2) is 5.78 Å². The molecule has 0 aliphatic rings. The monoisotopic (exact) mass is 361 g/mol. The predicted molar refractivity (Wildman–Crippen MR) is 92.8 cm³/mol. The average Bonchev–Trinajstić information content (AvgIpc) is 3.03. The van der Waals surface area contributed by atoms with Gasteiger partial charge in [-0.3, -0.25) is 14.6 Å². The topological polar surface area (TPSA) is 74.1 Å². The Kier molecular flexibility index (Phi) is 6.91. The molecule has 0 radical (unpaired) electrons. The molecule has 7 heteroatoms. The molecule has 0 aliphatic carbocycles.